The number of piperidine rings is 1. The molecule has 0 spiro atoms. The maximum atomic E-state index is 12.9. The van der Waals surface area contributed by atoms with Gasteiger partial charge in [0, 0.05) is 13.1 Å². The summed E-state index contributed by atoms with van der Waals surface area (Å²) in [6, 6.07) is 4.69. The van der Waals surface area contributed by atoms with Crippen LogP contribution in [0.4, 0.5) is 13.2 Å². The lowest BCUT2D eigenvalue weighted by atomic mass is 9.83. The smallest absolute Gasteiger partial charge is 0.385 e. The first-order valence-electron chi connectivity index (χ1n) is 9.14. The van der Waals surface area contributed by atoms with E-state index in [2.05, 4.69) is 4.90 Å². The number of nitrogens with zero attached hydrogens (tertiary/aromatic N) is 2. The highest BCUT2D eigenvalue weighted by molar-refractivity contribution is 5.81. The van der Waals surface area contributed by atoms with Gasteiger partial charge in [0.25, 0.3) is 0 Å². The second kappa shape index (κ2) is 7.19. The molecule has 0 radical (unpaired) electrons. The lowest BCUT2D eigenvalue weighted by Gasteiger charge is -2.40. The molecule has 2 fully saturated rings. The number of hydrogen-bond donors (Lipinski definition) is 1. The summed E-state index contributed by atoms with van der Waals surface area (Å²) in [5.41, 5.74) is -1.81. The number of carbonyl (C=O) groups excluding carboxylic acids is 1. The van der Waals surface area contributed by atoms with Crippen molar-refractivity contribution in [2.75, 3.05) is 26.2 Å². The summed E-state index contributed by atoms with van der Waals surface area (Å²) in [5.74, 6) is 0.0398. The summed E-state index contributed by atoms with van der Waals surface area (Å²) < 4.78 is 38.8. The van der Waals surface area contributed by atoms with Crippen LogP contribution in [0.1, 0.15) is 43.7 Å². The number of alkyl halides is 3. The van der Waals surface area contributed by atoms with Gasteiger partial charge in [0.05, 0.1) is 17.2 Å². The molecule has 0 saturated carbocycles. The second-order valence-corrected chi connectivity index (χ2v) is 7.35. The van der Waals surface area contributed by atoms with Crippen LogP contribution in [0.3, 0.4) is 0 Å². The molecule has 2 saturated heterocycles. The topological polar surface area (TPSA) is 43.8 Å². The van der Waals surface area contributed by atoms with Crippen LogP contribution in [0, 0.1) is 0 Å². The first-order chi connectivity index (χ1) is 12.2. The molecule has 7 heteroatoms. The molecule has 1 aromatic carbocycles. The minimum atomic E-state index is -4.44. The third-order valence-corrected chi connectivity index (χ3v) is 5.68. The minimum absolute atomic E-state index is 0.0398. The van der Waals surface area contributed by atoms with Crippen LogP contribution in [0.25, 0.3) is 0 Å². The summed E-state index contributed by atoms with van der Waals surface area (Å²) in [5, 5.41) is 10.9. The van der Waals surface area contributed by atoms with Gasteiger partial charge in [-0.2, -0.15) is 13.2 Å². The molecule has 144 valence electrons. The second-order valence-electron chi connectivity index (χ2n) is 7.35. The number of amides is 1. The number of benzene rings is 1. The molecular weight excluding hydrogens is 345 g/mol. The van der Waals surface area contributed by atoms with Crippen molar-refractivity contribution in [3.63, 3.8) is 0 Å². The van der Waals surface area contributed by atoms with Crippen molar-refractivity contribution < 1.29 is 23.1 Å². The monoisotopic (exact) mass is 370 g/mol. The van der Waals surface area contributed by atoms with Gasteiger partial charge in [-0.3, -0.25) is 9.69 Å². The Morgan fingerprint density at radius 3 is 2.35 bits per heavy atom. The van der Waals surface area contributed by atoms with E-state index in [0.717, 1.165) is 38.1 Å². The van der Waals surface area contributed by atoms with E-state index in [1.165, 1.54) is 12.1 Å². The third-order valence-electron chi connectivity index (χ3n) is 5.68. The van der Waals surface area contributed by atoms with Crippen molar-refractivity contribution in [1.29, 1.82) is 0 Å². The fourth-order valence-corrected chi connectivity index (χ4v) is 3.92. The minimum Gasteiger partial charge on any atom is -0.385 e. The zero-order valence-corrected chi connectivity index (χ0v) is 14.9. The van der Waals surface area contributed by atoms with E-state index >= 15 is 0 Å². The normalized spacial score (nSPS) is 22.4. The molecule has 2 aliphatic rings. The largest absolute Gasteiger partial charge is 0.416 e. The molecule has 2 heterocycles. The highest BCUT2D eigenvalue weighted by Crippen LogP contribution is 2.37. The van der Waals surface area contributed by atoms with Gasteiger partial charge >= 0.3 is 6.18 Å². The summed E-state index contributed by atoms with van der Waals surface area (Å²) in [7, 11) is 0. The predicted molar refractivity (Wildman–Crippen MR) is 91.4 cm³/mol. The van der Waals surface area contributed by atoms with Crippen molar-refractivity contribution in [2.24, 2.45) is 0 Å². The van der Waals surface area contributed by atoms with E-state index in [0.29, 0.717) is 13.1 Å². The van der Waals surface area contributed by atoms with E-state index in [9.17, 15) is 23.1 Å². The zero-order valence-electron chi connectivity index (χ0n) is 14.9. The van der Waals surface area contributed by atoms with Gasteiger partial charge in [0.2, 0.25) is 5.91 Å². The average Bonchev–Trinajstić information content (AvgIpc) is 3.15. The van der Waals surface area contributed by atoms with E-state index in [4.69, 9.17) is 0 Å². The number of aliphatic hydroxyl groups is 1. The highest BCUT2D eigenvalue weighted by Gasteiger charge is 2.39. The van der Waals surface area contributed by atoms with E-state index in [-0.39, 0.29) is 30.4 Å². The first-order valence-corrected chi connectivity index (χ1v) is 9.14. The van der Waals surface area contributed by atoms with Crippen molar-refractivity contribution in [1.82, 2.24) is 9.80 Å². The molecule has 3 rings (SSSR count). The number of likely N-dealkylation sites (tertiary alicyclic amines) is 2. The SMILES string of the molecule is CC(C(=O)N1CCC(O)(c2cccc(C(F)(F)F)c2)CC1)N1CCCC1. The Bertz CT molecular complexity index is 648. The quantitative estimate of drug-likeness (QED) is 0.890. The Balaban J connectivity index is 1.66. The molecule has 1 atom stereocenters. The molecule has 4 nitrogen and oxygen atoms in total. The van der Waals surface area contributed by atoms with Gasteiger partial charge in [-0.1, -0.05) is 12.1 Å². The number of carbonyl (C=O) groups is 1. The number of rotatable bonds is 3. The van der Waals surface area contributed by atoms with Gasteiger partial charge in [0.1, 0.15) is 0 Å². The van der Waals surface area contributed by atoms with E-state index in [1.807, 2.05) is 6.92 Å². The average molecular weight is 370 g/mol. The standard InChI is InChI=1S/C19H25F3N2O2/c1-14(23-9-2-3-10-23)17(25)24-11-7-18(26,8-12-24)15-5-4-6-16(13-15)19(20,21)22/h4-6,13-14,26H,2-3,7-12H2,1H3. The maximum Gasteiger partial charge on any atom is 0.416 e. The lowest BCUT2D eigenvalue weighted by molar-refractivity contribution is -0.140. The molecule has 26 heavy (non-hydrogen) atoms. The van der Waals surface area contributed by atoms with Crippen LogP contribution in [-0.4, -0.2) is 53.0 Å². The van der Waals surface area contributed by atoms with Gasteiger partial charge in [0.15, 0.2) is 0 Å². The number of hydrogen-bond acceptors (Lipinski definition) is 3. The Hall–Kier alpha value is -1.60. The molecule has 1 unspecified atom stereocenters. The van der Waals surface area contributed by atoms with E-state index < -0.39 is 17.3 Å². The molecule has 0 aliphatic carbocycles. The van der Waals surface area contributed by atoms with Crippen LogP contribution in [0.5, 0.6) is 0 Å². The van der Waals surface area contributed by atoms with Crippen molar-refractivity contribution >= 4 is 5.91 Å². The molecule has 1 aromatic rings. The summed E-state index contributed by atoms with van der Waals surface area (Å²) in [4.78, 5) is 16.6. The fraction of sp³-hybridized carbons (Fsp3) is 0.632. The summed E-state index contributed by atoms with van der Waals surface area (Å²) in [6.07, 6.45) is -1.74. The Morgan fingerprint density at radius 1 is 1.15 bits per heavy atom. The molecular formula is C19H25F3N2O2. The number of halogens is 3. The molecule has 2 aliphatic heterocycles. The van der Waals surface area contributed by atoms with Crippen LogP contribution in [0.15, 0.2) is 24.3 Å². The van der Waals surface area contributed by atoms with Crippen molar-refractivity contribution in [3.05, 3.63) is 35.4 Å². The summed E-state index contributed by atoms with van der Waals surface area (Å²) in [6.45, 7) is 4.46. The van der Waals surface area contributed by atoms with Gasteiger partial charge in [-0.05, 0) is 63.4 Å². The van der Waals surface area contributed by atoms with Gasteiger partial charge in [-0.25, -0.2) is 0 Å². The van der Waals surface area contributed by atoms with Crippen molar-refractivity contribution in [3.8, 4) is 0 Å². The van der Waals surface area contributed by atoms with Crippen molar-refractivity contribution in [2.45, 2.75) is 50.4 Å². The summed E-state index contributed by atoms with van der Waals surface area (Å²) >= 11 is 0. The third kappa shape index (κ3) is 3.88. The van der Waals surface area contributed by atoms with E-state index in [1.54, 1.807) is 4.90 Å². The Morgan fingerprint density at radius 2 is 1.77 bits per heavy atom. The Kier molecular flexibility index (Phi) is 5.30. The molecule has 0 aromatic heterocycles. The molecule has 1 amide bonds. The fourth-order valence-electron chi connectivity index (χ4n) is 3.92. The highest BCUT2D eigenvalue weighted by atomic mass is 19.4. The van der Waals surface area contributed by atoms with Gasteiger partial charge in [-0.15, -0.1) is 0 Å². The van der Waals surface area contributed by atoms with Gasteiger partial charge < -0.3 is 10.0 Å². The predicted octanol–water partition coefficient (Wildman–Crippen LogP) is 3.00. The van der Waals surface area contributed by atoms with Crippen LogP contribution in [0.2, 0.25) is 0 Å². The lowest BCUT2D eigenvalue weighted by Crippen LogP contribution is -2.51. The maximum absolute atomic E-state index is 12.9. The Labute approximate surface area is 151 Å². The molecule has 1 N–H and O–H groups in total. The van der Waals surface area contributed by atoms with Crippen LogP contribution >= 0.6 is 0 Å². The first kappa shape index (κ1) is 19.2. The van der Waals surface area contributed by atoms with Crippen LogP contribution in [-0.2, 0) is 16.6 Å². The molecule has 0 bridgehead atoms. The zero-order chi connectivity index (χ0) is 18.9. The van der Waals surface area contributed by atoms with Crippen LogP contribution < -0.4 is 0 Å².